The van der Waals surface area contributed by atoms with Crippen LogP contribution in [0.2, 0.25) is 15.1 Å². The lowest BCUT2D eigenvalue weighted by Gasteiger charge is -2.32. The van der Waals surface area contributed by atoms with Gasteiger partial charge in [0.2, 0.25) is 11.8 Å². The van der Waals surface area contributed by atoms with E-state index in [0.29, 0.717) is 27.1 Å². The molecule has 0 heterocycles. The number of hydrogen-bond acceptors (Lipinski definition) is 3. The van der Waals surface area contributed by atoms with E-state index in [0.717, 1.165) is 36.8 Å². The van der Waals surface area contributed by atoms with Gasteiger partial charge in [0, 0.05) is 35.3 Å². The Kier molecular flexibility index (Phi) is 11.0. The molecule has 0 unspecified atom stereocenters. The fourth-order valence-electron chi connectivity index (χ4n) is 4.75. The minimum Gasteiger partial charge on any atom is -0.352 e. The maximum atomic E-state index is 14.3. The Morgan fingerprint density at radius 1 is 0.923 bits per heavy atom. The smallest absolute Gasteiger partial charge is 0.243 e. The maximum absolute atomic E-state index is 14.3. The van der Waals surface area contributed by atoms with Crippen molar-refractivity contribution in [1.82, 2.24) is 10.2 Å². The molecule has 4 nitrogen and oxygen atoms in total. The normalized spacial score (nSPS) is 14.3. The molecule has 2 amide bonds. The van der Waals surface area contributed by atoms with E-state index < -0.39 is 11.9 Å². The summed E-state index contributed by atoms with van der Waals surface area (Å²) in [6.45, 7) is 0.173. The average Bonchev–Trinajstić information content (AvgIpc) is 3.43. The number of nitrogens with one attached hydrogen (secondary N) is 1. The molecule has 0 spiro atoms. The van der Waals surface area contributed by atoms with Gasteiger partial charge in [-0.05, 0) is 48.2 Å². The number of halogens is 4. The quantitative estimate of drug-likeness (QED) is 0.243. The predicted octanol–water partition coefficient (Wildman–Crippen LogP) is 7.72. The van der Waals surface area contributed by atoms with Gasteiger partial charge in [0.05, 0.1) is 15.8 Å². The van der Waals surface area contributed by atoms with Crippen LogP contribution in [0.4, 0.5) is 4.39 Å². The average molecular weight is 608 g/mol. The van der Waals surface area contributed by atoms with Crippen LogP contribution in [0.3, 0.4) is 0 Å². The van der Waals surface area contributed by atoms with Crippen molar-refractivity contribution in [3.8, 4) is 0 Å². The Morgan fingerprint density at radius 3 is 2.36 bits per heavy atom. The van der Waals surface area contributed by atoms with Gasteiger partial charge in [0.15, 0.2) is 0 Å². The largest absolute Gasteiger partial charge is 0.352 e. The Labute approximate surface area is 248 Å². The highest BCUT2D eigenvalue weighted by Crippen LogP contribution is 2.27. The minimum absolute atomic E-state index is 0.0496. The number of thioether (sulfide) groups is 1. The zero-order valence-electron chi connectivity index (χ0n) is 21.3. The van der Waals surface area contributed by atoms with Gasteiger partial charge in [-0.1, -0.05) is 90.1 Å². The lowest BCUT2D eigenvalue weighted by Crippen LogP contribution is -2.52. The van der Waals surface area contributed by atoms with Crippen molar-refractivity contribution in [1.29, 1.82) is 0 Å². The van der Waals surface area contributed by atoms with Gasteiger partial charge in [0.1, 0.15) is 11.9 Å². The molecule has 1 saturated carbocycles. The second kappa shape index (κ2) is 14.4. The first-order valence-corrected chi connectivity index (χ1v) is 15.2. The zero-order chi connectivity index (χ0) is 27.8. The van der Waals surface area contributed by atoms with Crippen LogP contribution >= 0.6 is 46.6 Å². The Bertz CT molecular complexity index is 1270. The lowest BCUT2D eigenvalue weighted by atomic mass is 10.0. The Balaban J connectivity index is 1.59. The van der Waals surface area contributed by atoms with Gasteiger partial charge < -0.3 is 10.2 Å². The van der Waals surface area contributed by atoms with Gasteiger partial charge in [-0.15, -0.1) is 11.8 Å². The van der Waals surface area contributed by atoms with Crippen molar-refractivity contribution in [3.05, 3.63) is 104 Å². The van der Waals surface area contributed by atoms with E-state index in [1.54, 1.807) is 35.2 Å². The highest BCUT2D eigenvalue weighted by atomic mass is 35.5. The molecule has 1 fully saturated rings. The van der Waals surface area contributed by atoms with Gasteiger partial charge in [-0.3, -0.25) is 9.59 Å². The molecular weight excluding hydrogens is 578 g/mol. The van der Waals surface area contributed by atoms with Crippen molar-refractivity contribution < 1.29 is 14.0 Å². The van der Waals surface area contributed by atoms with Crippen LogP contribution in [0.1, 0.15) is 42.4 Å². The first-order chi connectivity index (χ1) is 18.8. The second-order valence-electron chi connectivity index (χ2n) is 9.66. The lowest BCUT2D eigenvalue weighted by molar-refractivity contribution is -0.139. The maximum Gasteiger partial charge on any atom is 0.243 e. The van der Waals surface area contributed by atoms with Crippen molar-refractivity contribution in [3.63, 3.8) is 0 Å². The minimum atomic E-state index is -0.743. The summed E-state index contributed by atoms with van der Waals surface area (Å²) in [7, 11) is 0. The van der Waals surface area contributed by atoms with Crippen LogP contribution in [-0.4, -0.2) is 34.6 Å². The molecular formula is C30H30Cl3FN2O2S. The van der Waals surface area contributed by atoms with Crippen LogP contribution in [0, 0.1) is 5.82 Å². The molecule has 1 aliphatic rings. The molecule has 0 aromatic heterocycles. The summed E-state index contributed by atoms with van der Waals surface area (Å²) < 4.78 is 14.3. The second-order valence-corrected chi connectivity index (χ2v) is 11.9. The van der Waals surface area contributed by atoms with Gasteiger partial charge in [-0.25, -0.2) is 4.39 Å². The van der Waals surface area contributed by atoms with Crippen LogP contribution in [0.15, 0.2) is 66.7 Å². The third kappa shape index (κ3) is 8.37. The highest BCUT2D eigenvalue weighted by molar-refractivity contribution is 7.99. The standard InChI is InChI=1S/C30H30Cl3FN2O2S/c31-24-11-6-12-27(34)23(24)18-39-19-29(37)36(17-21-13-14-25(32)26(33)15-21)28(16-20-7-2-1-3-8-20)30(38)35-22-9-4-5-10-22/h1-3,6-8,11-15,22,28H,4-5,9-10,16-19H2,(H,35,38)/t28-/m0/s1. The highest BCUT2D eigenvalue weighted by Gasteiger charge is 2.32. The molecule has 0 aliphatic heterocycles. The van der Waals surface area contributed by atoms with E-state index in [1.165, 1.54) is 17.8 Å². The third-order valence-electron chi connectivity index (χ3n) is 6.84. The van der Waals surface area contributed by atoms with Crippen LogP contribution in [-0.2, 0) is 28.3 Å². The van der Waals surface area contributed by atoms with Crippen molar-refractivity contribution in [2.75, 3.05) is 5.75 Å². The summed E-state index contributed by atoms with van der Waals surface area (Å²) >= 11 is 19.8. The number of nitrogens with zero attached hydrogens (tertiary/aromatic N) is 1. The van der Waals surface area contributed by atoms with Gasteiger partial charge in [0.25, 0.3) is 0 Å². The van der Waals surface area contributed by atoms with Crippen molar-refractivity contribution >= 4 is 58.4 Å². The van der Waals surface area contributed by atoms with Crippen molar-refractivity contribution in [2.24, 2.45) is 0 Å². The molecule has 0 radical (unpaired) electrons. The summed E-state index contributed by atoms with van der Waals surface area (Å²) in [5.41, 5.74) is 2.06. The van der Waals surface area contributed by atoms with E-state index in [-0.39, 0.29) is 35.9 Å². The van der Waals surface area contributed by atoms with E-state index in [9.17, 15) is 14.0 Å². The number of carbonyl (C=O) groups is 2. The molecule has 39 heavy (non-hydrogen) atoms. The van der Waals surface area contributed by atoms with Gasteiger partial charge >= 0.3 is 0 Å². The Hall–Kier alpha value is -2.25. The Morgan fingerprint density at radius 2 is 1.67 bits per heavy atom. The van der Waals surface area contributed by atoms with Crippen LogP contribution in [0.5, 0.6) is 0 Å². The number of rotatable bonds is 11. The molecule has 0 saturated heterocycles. The van der Waals surface area contributed by atoms with E-state index in [1.807, 2.05) is 30.3 Å². The number of amides is 2. The van der Waals surface area contributed by atoms with Crippen molar-refractivity contribution in [2.45, 2.75) is 56.5 Å². The molecule has 206 valence electrons. The molecule has 0 bridgehead atoms. The molecule has 3 aromatic rings. The van der Waals surface area contributed by atoms with E-state index in [2.05, 4.69) is 5.32 Å². The van der Waals surface area contributed by atoms with E-state index >= 15 is 0 Å². The monoisotopic (exact) mass is 606 g/mol. The first-order valence-electron chi connectivity index (χ1n) is 12.9. The predicted molar refractivity (Wildman–Crippen MR) is 159 cm³/mol. The molecule has 4 rings (SSSR count). The number of hydrogen-bond donors (Lipinski definition) is 1. The molecule has 1 N–H and O–H groups in total. The molecule has 3 aromatic carbocycles. The van der Waals surface area contributed by atoms with Gasteiger partial charge in [-0.2, -0.15) is 0 Å². The zero-order valence-corrected chi connectivity index (χ0v) is 24.4. The molecule has 1 aliphatic carbocycles. The summed E-state index contributed by atoms with van der Waals surface area (Å²) in [5.74, 6) is -0.543. The molecule has 9 heteroatoms. The molecule has 1 atom stereocenters. The number of benzene rings is 3. The third-order valence-corrected chi connectivity index (χ3v) is 8.88. The SMILES string of the molecule is O=C(NC1CCCC1)[C@H](Cc1ccccc1)N(Cc1ccc(Cl)c(Cl)c1)C(=O)CSCc1c(F)cccc1Cl. The number of carbonyl (C=O) groups excluding carboxylic acids is 2. The van der Waals surface area contributed by atoms with Crippen LogP contribution < -0.4 is 5.32 Å². The topological polar surface area (TPSA) is 49.4 Å². The summed E-state index contributed by atoms with van der Waals surface area (Å²) in [5, 5.41) is 4.29. The van der Waals surface area contributed by atoms with Crippen LogP contribution in [0.25, 0.3) is 0 Å². The first kappa shape index (κ1) is 29.7. The summed E-state index contributed by atoms with van der Waals surface area (Å²) in [6, 6.07) is 18.7. The summed E-state index contributed by atoms with van der Waals surface area (Å²) in [4.78, 5) is 29.1. The fourth-order valence-corrected chi connectivity index (χ4v) is 6.32. The fraction of sp³-hybridized carbons (Fsp3) is 0.333. The summed E-state index contributed by atoms with van der Waals surface area (Å²) in [6.07, 6.45) is 4.38. The van der Waals surface area contributed by atoms with E-state index in [4.69, 9.17) is 34.8 Å².